The van der Waals surface area contributed by atoms with E-state index >= 15 is 0 Å². The van der Waals surface area contributed by atoms with Gasteiger partial charge in [0.25, 0.3) is 0 Å². The number of carbonyl (C=O) groups is 1. The zero-order chi connectivity index (χ0) is 22.0. The van der Waals surface area contributed by atoms with Gasteiger partial charge in [-0.25, -0.2) is 0 Å². The molecule has 2 aromatic carbocycles. The lowest BCUT2D eigenvalue weighted by Gasteiger charge is -2.21. The minimum absolute atomic E-state index is 0.00895. The van der Waals surface area contributed by atoms with Gasteiger partial charge in [-0.2, -0.15) is 0 Å². The largest absolute Gasteiger partial charge is 0.494 e. The number of ether oxygens (including phenoxy) is 2. The molecule has 0 spiro atoms. The highest BCUT2D eigenvalue weighted by molar-refractivity contribution is 6.05. The smallest absolute Gasteiger partial charge is 0.227 e. The van der Waals surface area contributed by atoms with E-state index in [0.717, 1.165) is 23.8 Å². The van der Waals surface area contributed by atoms with Gasteiger partial charge in [0.15, 0.2) is 11.5 Å². The van der Waals surface area contributed by atoms with Gasteiger partial charge in [0.05, 0.1) is 30.8 Å². The predicted molar refractivity (Wildman–Crippen MR) is 121 cm³/mol. The predicted octanol–water partition coefficient (Wildman–Crippen LogP) is 4.04. The van der Waals surface area contributed by atoms with Crippen LogP contribution in [0, 0.1) is 5.92 Å². The van der Waals surface area contributed by atoms with Crippen molar-refractivity contribution in [2.24, 2.45) is 11.7 Å². The van der Waals surface area contributed by atoms with E-state index in [0.29, 0.717) is 42.1 Å². The van der Waals surface area contributed by atoms with Crippen LogP contribution in [-0.2, 0) is 4.79 Å². The summed E-state index contributed by atoms with van der Waals surface area (Å²) < 4.78 is 13.0. The molecule has 0 bridgehead atoms. The highest BCUT2D eigenvalue weighted by atomic mass is 16.5. The number of nitrogens with two attached hydrogens (primary N) is 1. The number of rotatable bonds is 9. The molecule has 1 amide bonds. The Labute approximate surface area is 181 Å². The van der Waals surface area contributed by atoms with Crippen LogP contribution in [-0.4, -0.2) is 35.8 Å². The number of methoxy groups -OCH3 is 1. The third-order valence-corrected chi connectivity index (χ3v) is 5.70. The molecule has 1 aliphatic carbocycles. The lowest BCUT2D eigenvalue weighted by atomic mass is 10.0. The Morgan fingerprint density at radius 2 is 2.10 bits per heavy atom. The Bertz CT molecular complexity index is 1090. The van der Waals surface area contributed by atoms with Crippen LogP contribution in [0.1, 0.15) is 37.8 Å². The van der Waals surface area contributed by atoms with E-state index in [1.54, 1.807) is 7.11 Å². The zero-order valence-corrected chi connectivity index (χ0v) is 17.9. The maximum absolute atomic E-state index is 12.3. The van der Waals surface area contributed by atoms with Crippen LogP contribution in [0.15, 0.2) is 42.6 Å². The third kappa shape index (κ3) is 4.18. The third-order valence-electron chi connectivity index (χ3n) is 5.70. The second kappa shape index (κ2) is 8.89. The van der Waals surface area contributed by atoms with Gasteiger partial charge in [-0.15, -0.1) is 0 Å². The van der Waals surface area contributed by atoms with Crippen molar-refractivity contribution in [2.45, 2.75) is 32.2 Å². The van der Waals surface area contributed by atoms with Crippen molar-refractivity contribution in [1.82, 2.24) is 4.57 Å². The second-order valence-corrected chi connectivity index (χ2v) is 7.83. The summed E-state index contributed by atoms with van der Waals surface area (Å²) in [5.41, 5.74) is 7.51. The highest BCUT2D eigenvalue weighted by Gasteiger charge is 2.30. The second-order valence-electron chi connectivity index (χ2n) is 7.83. The Hall–Kier alpha value is -3.19. The van der Waals surface area contributed by atoms with Crippen molar-refractivity contribution in [3.63, 3.8) is 0 Å². The molecule has 1 unspecified atom stereocenters. The average molecular weight is 424 g/mol. The number of anilines is 1. The molecule has 0 aliphatic heterocycles. The summed E-state index contributed by atoms with van der Waals surface area (Å²) in [5.74, 6) is 1.51. The number of fused-ring (bicyclic) bond motifs is 1. The van der Waals surface area contributed by atoms with E-state index in [-0.39, 0.29) is 23.7 Å². The van der Waals surface area contributed by atoms with E-state index in [1.165, 1.54) is 0 Å². The lowest BCUT2D eigenvalue weighted by Crippen LogP contribution is -2.15. The van der Waals surface area contributed by atoms with Crippen molar-refractivity contribution in [3.8, 4) is 17.4 Å². The van der Waals surface area contributed by atoms with Crippen LogP contribution < -0.4 is 20.5 Å². The van der Waals surface area contributed by atoms with Crippen molar-refractivity contribution in [3.05, 3.63) is 48.2 Å². The highest BCUT2D eigenvalue weighted by Crippen LogP contribution is 2.40. The van der Waals surface area contributed by atoms with Crippen molar-refractivity contribution in [2.75, 3.05) is 25.6 Å². The standard InChI is InChI=1S/C24H29N3O4/c1-3-31-21-13-16(9-10-20(21)30-2)19(11-12-25)27-14-17-5-4-6-18(22(17)24(27)29)26-23(28)15-7-8-15/h4-6,9-10,13-15,19,29H,3,7-8,11-12,25H2,1-2H3,(H,26,28). The summed E-state index contributed by atoms with van der Waals surface area (Å²) in [7, 11) is 1.61. The van der Waals surface area contributed by atoms with Gasteiger partial charge in [0.2, 0.25) is 11.8 Å². The fourth-order valence-corrected chi connectivity index (χ4v) is 3.98. The minimum atomic E-state index is -0.200. The summed E-state index contributed by atoms with van der Waals surface area (Å²) in [6, 6.07) is 11.2. The van der Waals surface area contributed by atoms with Gasteiger partial charge in [-0.3, -0.25) is 4.79 Å². The molecule has 31 heavy (non-hydrogen) atoms. The summed E-state index contributed by atoms with van der Waals surface area (Å²) in [4.78, 5) is 12.3. The fourth-order valence-electron chi connectivity index (χ4n) is 3.98. The molecule has 4 N–H and O–H groups in total. The molecule has 0 radical (unpaired) electrons. The molecule has 3 aromatic rings. The minimum Gasteiger partial charge on any atom is -0.494 e. The summed E-state index contributed by atoms with van der Waals surface area (Å²) in [5, 5.41) is 15.7. The molecule has 0 saturated heterocycles. The Kier molecular flexibility index (Phi) is 6.04. The monoisotopic (exact) mass is 423 g/mol. The zero-order valence-electron chi connectivity index (χ0n) is 17.9. The van der Waals surface area contributed by atoms with Gasteiger partial charge in [-0.05, 0) is 56.5 Å². The number of aromatic nitrogens is 1. The molecule has 1 aromatic heterocycles. The molecule has 164 valence electrons. The molecular formula is C24H29N3O4. The first kappa shape index (κ1) is 21.1. The summed E-state index contributed by atoms with van der Waals surface area (Å²) in [6.45, 7) is 2.88. The number of hydrogen-bond acceptors (Lipinski definition) is 5. The van der Waals surface area contributed by atoms with Crippen LogP contribution in [0.3, 0.4) is 0 Å². The number of aromatic hydroxyl groups is 1. The van der Waals surface area contributed by atoms with Crippen LogP contribution >= 0.6 is 0 Å². The van der Waals surface area contributed by atoms with E-state index in [2.05, 4.69) is 5.32 Å². The van der Waals surface area contributed by atoms with Gasteiger partial charge in [-0.1, -0.05) is 18.2 Å². The topological polar surface area (TPSA) is 98.7 Å². The molecule has 7 heteroatoms. The van der Waals surface area contributed by atoms with Crippen LogP contribution in [0.4, 0.5) is 5.69 Å². The quantitative estimate of drug-likeness (QED) is 0.482. The van der Waals surface area contributed by atoms with E-state index in [4.69, 9.17) is 15.2 Å². The van der Waals surface area contributed by atoms with Crippen LogP contribution in [0.25, 0.3) is 10.8 Å². The van der Waals surface area contributed by atoms with Crippen molar-refractivity contribution in [1.29, 1.82) is 0 Å². The molecule has 1 fully saturated rings. The number of benzene rings is 2. The fraction of sp³-hybridized carbons (Fsp3) is 0.375. The molecule has 1 atom stereocenters. The molecule has 4 rings (SSSR count). The Balaban J connectivity index is 1.76. The van der Waals surface area contributed by atoms with Crippen molar-refractivity contribution >= 4 is 22.4 Å². The average Bonchev–Trinajstić information content (AvgIpc) is 3.57. The van der Waals surface area contributed by atoms with Crippen LogP contribution in [0.5, 0.6) is 17.4 Å². The first-order valence-corrected chi connectivity index (χ1v) is 10.7. The van der Waals surface area contributed by atoms with Gasteiger partial charge < -0.3 is 30.2 Å². The molecule has 1 saturated carbocycles. The first-order chi connectivity index (χ1) is 15.1. The number of hydrogen-bond donors (Lipinski definition) is 3. The number of nitrogens with zero attached hydrogens (tertiary/aromatic N) is 1. The first-order valence-electron chi connectivity index (χ1n) is 10.7. The molecule has 1 aliphatic rings. The maximum atomic E-state index is 12.3. The summed E-state index contributed by atoms with van der Waals surface area (Å²) in [6.07, 6.45) is 4.37. The molecular weight excluding hydrogens is 394 g/mol. The van der Waals surface area contributed by atoms with Gasteiger partial charge >= 0.3 is 0 Å². The number of amides is 1. The SMILES string of the molecule is CCOc1cc(C(CCN)n2cc3cccc(NC(=O)C4CC4)c3c2O)ccc1OC. The lowest BCUT2D eigenvalue weighted by molar-refractivity contribution is -0.117. The van der Waals surface area contributed by atoms with Gasteiger partial charge in [0, 0.05) is 17.5 Å². The number of carbonyl (C=O) groups excluding carboxylic acids is 1. The Morgan fingerprint density at radius 1 is 1.29 bits per heavy atom. The van der Waals surface area contributed by atoms with E-state index in [1.807, 2.05) is 54.1 Å². The van der Waals surface area contributed by atoms with Crippen LogP contribution in [0.2, 0.25) is 0 Å². The molecule has 1 heterocycles. The van der Waals surface area contributed by atoms with Gasteiger partial charge in [0.1, 0.15) is 0 Å². The van der Waals surface area contributed by atoms with Crippen molar-refractivity contribution < 1.29 is 19.4 Å². The van der Waals surface area contributed by atoms with E-state index < -0.39 is 0 Å². The van der Waals surface area contributed by atoms with E-state index in [9.17, 15) is 9.90 Å². The number of nitrogens with one attached hydrogen (secondary N) is 1. The normalized spacial score (nSPS) is 14.4. The maximum Gasteiger partial charge on any atom is 0.227 e. The molecule has 7 nitrogen and oxygen atoms in total. The Morgan fingerprint density at radius 3 is 2.77 bits per heavy atom. The summed E-state index contributed by atoms with van der Waals surface area (Å²) >= 11 is 0.